The van der Waals surface area contributed by atoms with E-state index in [2.05, 4.69) is 10.6 Å². The molecule has 0 spiro atoms. The predicted molar refractivity (Wildman–Crippen MR) is 85.0 cm³/mol. The third kappa shape index (κ3) is 4.04. The Morgan fingerprint density at radius 3 is 2.39 bits per heavy atom. The molecule has 0 saturated heterocycles. The summed E-state index contributed by atoms with van der Waals surface area (Å²) < 4.78 is 39.7. The number of anilines is 1. The molecule has 1 aromatic carbocycles. The summed E-state index contributed by atoms with van der Waals surface area (Å²) >= 11 is 1.49. The quantitative estimate of drug-likeness (QED) is 0.751. The summed E-state index contributed by atoms with van der Waals surface area (Å²) in [5.74, 6) is -4.35. The zero-order valence-electron chi connectivity index (χ0n) is 12.9. The Morgan fingerprint density at radius 2 is 1.83 bits per heavy atom. The van der Waals surface area contributed by atoms with Crippen LogP contribution in [0.2, 0.25) is 0 Å². The van der Waals surface area contributed by atoms with E-state index in [1.54, 1.807) is 0 Å². The van der Waals surface area contributed by atoms with Gasteiger partial charge in [-0.3, -0.25) is 0 Å². The lowest BCUT2D eigenvalue weighted by molar-refractivity contribution is 0.230. The van der Waals surface area contributed by atoms with Crippen molar-refractivity contribution < 1.29 is 18.0 Å². The number of halogens is 3. The first-order valence-electron chi connectivity index (χ1n) is 6.94. The molecule has 0 saturated carbocycles. The Hall–Kier alpha value is -2.02. The lowest BCUT2D eigenvalue weighted by Gasteiger charge is -2.30. The zero-order chi connectivity index (χ0) is 17.2. The van der Waals surface area contributed by atoms with Crippen molar-refractivity contribution in [1.29, 1.82) is 0 Å². The van der Waals surface area contributed by atoms with Crippen molar-refractivity contribution in [2.45, 2.75) is 26.8 Å². The highest BCUT2D eigenvalue weighted by molar-refractivity contribution is 7.10. The fraction of sp³-hybridized carbons (Fsp3) is 0.312. The SMILES string of the molecule is CC(C)(C)[C@@H](NC(=O)Nc1ccc(F)c(F)c1F)c1cccs1. The number of amides is 2. The summed E-state index contributed by atoms with van der Waals surface area (Å²) in [5, 5.41) is 6.85. The molecule has 2 N–H and O–H groups in total. The molecule has 0 aliphatic rings. The second-order valence-electron chi connectivity index (χ2n) is 6.14. The van der Waals surface area contributed by atoms with Gasteiger partial charge in [0.2, 0.25) is 0 Å². The van der Waals surface area contributed by atoms with Crippen molar-refractivity contribution in [2.75, 3.05) is 5.32 Å². The van der Waals surface area contributed by atoms with Crippen molar-refractivity contribution in [3.05, 3.63) is 52.0 Å². The monoisotopic (exact) mass is 342 g/mol. The van der Waals surface area contributed by atoms with Gasteiger partial charge in [-0.05, 0) is 29.0 Å². The van der Waals surface area contributed by atoms with Crippen molar-refractivity contribution >= 4 is 23.1 Å². The fourth-order valence-electron chi connectivity index (χ4n) is 2.08. The molecule has 2 aromatic rings. The number of rotatable bonds is 3. The van der Waals surface area contributed by atoms with E-state index in [4.69, 9.17) is 0 Å². The van der Waals surface area contributed by atoms with Crippen molar-refractivity contribution in [3.8, 4) is 0 Å². The van der Waals surface area contributed by atoms with Gasteiger partial charge in [-0.15, -0.1) is 11.3 Å². The molecule has 1 atom stereocenters. The topological polar surface area (TPSA) is 41.1 Å². The van der Waals surface area contributed by atoms with Gasteiger partial charge in [0.1, 0.15) is 0 Å². The van der Waals surface area contributed by atoms with E-state index in [0.717, 1.165) is 17.0 Å². The highest BCUT2D eigenvalue weighted by Gasteiger charge is 2.29. The molecule has 124 valence electrons. The van der Waals surface area contributed by atoms with Gasteiger partial charge in [0.15, 0.2) is 17.5 Å². The van der Waals surface area contributed by atoms with E-state index in [9.17, 15) is 18.0 Å². The Kier molecular flexibility index (Phi) is 4.99. The Bertz CT molecular complexity index is 696. The fourth-order valence-corrected chi connectivity index (χ4v) is 3.10. The largest absolute Gasteiger partial charge is 0.330 e. The van der Waals surface area contributed by atoms with Crippen LogP contribution in [-0.2, 0) is 0 Å². The maximum absolute atomic E-state index is 13.6. The average molecular weight is 342 g/mol. The highest BCUT2D eigenvalue weighted by atomic mass is 32.1. The molecule has 0 aliphatic heterocycles. The Labute approximate surface area is 136 Å². The van der Waals surface area contributed by atoms with Crippen LogP contribution in [0.5, 0.6) is 0 Å². The molecule has 1 heterocycles. The minimum Gasteiger partial charge on any atom is -0.330 e. The number of thiophene rings is 1. The maximum Gasteiger partial charge on any atom is 0.319 e. The van der Waals surface area contributed by atoms with E-state index < -0.39 is 29.2 Å². The predicted octanol–water partition coefficient (Wildman–Crippen LogP) is 5.07. The first-order valence-corrected chi connectivity index (χ1v) is 7.82. The van der Waals surface area contributed by atoms with Crippen LogP contribution in [0.1, 0.15) is 31.7 Å². The molecule has 2 amide bonds. The number of hydrogen-bond donors (Lipinski definition) is 2. The van der Waals surface area contributed by atoms with Crippen molar-refractivity contribution in [3.63, 3.8) is 0 Å². The third-order valence-corrected chi connectivity index (χ3v) is 4.19. The third-order valence-electron chi connectivity index (χ3n) is 3.25. The first kappa shape index (κ1) is 17.3. The highest BCUT2D eigenvalue weighted by Crippen LogP contribution is 2.35. The minimum absolute atomic E-state index is 0.283. The maximum atomic E-state index is 13.6. The average Bonchev–Trinajstić information content (AvgIpc) is 2.98. The molecular weight excluding hydrogens is 325 g/mol. The van der Waals surface area contributed by atoms with E-state index in [1.165, 1.54) is 11.3 Å². The molecular formula is C16H17F3N2OS. The number of urea groups is 1. The standard InChI is InChI=1S/C16H17F3N2OS/c1-16(2,3)14(11-5-4-8-23-11)21-15(22)20-10-7-6-9(17)12(18)13(10)19/h4-8,14H,1-3H3,(H2,20,21,22)/t14-/m0/s1. The summed E-state index contributed by atoms with van der Waals surface area (Å²) in [6, 6.07) is 4.49. The van der Waals surface area contributed by atoms with Gasteiger partial charge in [0.05, 0.1) is 11.7 Å². The van der Waals surface area contributed by atoms with Crippen LogP contribution in [0.4, 0.5) is 23.7 Å². The second kappa shape index (κ2) is 6.62. The van der Waals surface area contributed by atoms with Gasteiger partial charge in [0, 0.05) is 4.88 Å². The molecule has 0 bridgehead atoms. The number of nitrogens with one attached hydrogen (secondary N) is 2. The van der Waals surface area contributed by atoms with E-state index >= 15 is 0 Å². The normalized spacial score (nSPS) is 12.8. The van der Waals surface area contributed by atoms with E-state index in [0.29, 0.717) is 0 Å². The summed E-state index contributed by atoms with van der Waals surface area (Å²) in [5.41, 5.74) is -0.699. The lowest BCUT2D eigenvalue weighted by Crippen LogP contribution is -2.38. The van der Waals surface area contributed by atoms with Crippen LogP contribution in [0.3, 0.4) is 0 Å². The molecule has 7 heteroatoms. The van der Waals surface area contributed by atoms with Crippen molar-refractivity contribution in [1.82, 2.24) is 5.32 Å². The first-order chi connectivity index (χ1) is 10.7. The molecule has 0 unspecified atom stereocenters. The van der Waals surface area contributed by atoms with Crippen LogP contribution < -0.4 is 10.6 Å². The van der Waals surface area contributed by atoms with Crippen LogP contribution >= 0.6 is 11.3 Å². The number of hydrogen-bond acceptors (Lipinski definition) is 2. The Balaban J connectivity index is 2.16. The van der Waals surface area contributed by atoms with Crippen LogP contribution in [0.15, 0.2) is 29.6 Å². The van der Waals surface area contributed by atoms with Crippen LogP contribution in [0.25, 0.3) is 0 Å². The zero-order valence-corrected chi connectivity index (χ0v) is 13.7. The van der Waals surface area contributed by atoms with E-state index in [-0.39, 0.29) is 11.5 Å². The van der Waals surface area contributed by atoms with Gasteiger partial charge in [-0.2, -0.15) is 0 Å². The Morgan fingerprint density at radius 1 is 1.13 bits per heavy atom. The molecule has 0 radical (unpaired) electrons. The molecule has 3 nitrogen and oxygen atoms in total. The second-order valence-corrected chi connectivity index (χ2v) is 7.12. The summed E-state index contributed by atoms with van der Waals surface area (Å²) in [6.07, 6.45) is 0. The van der Waals surface area contributed by atoms with Crippen LogP contribution in [-0.4, -0.2) is 6.03 Å². The minimum atomic E-state index is -1.62. The molecule has 0 aliphatic carbocycles. The molecule has 2 rings (SSSR count). The summed E-state index contributed by atoms with van der Waals surface area (Å²) in [7, 11) is 0. The summed E-state index contributed by atoms with van der Waals surface area (Å²) in [4.78, 5) is 13.1. The lowest BCUT2D eigenvalue weighted by atomic mass is 9.86. The van der Waals surface area contributed by atoms with Gasteiger partial charge < -0.3 is 10.6 Å². The van der Waals surface area contributed by atoms with Crippen molar-refractivity contribution in [2.24, 2.45) is 5.41 Å². The summed E-state index contributed by atoms with van der Waals surface area (Å²) in [6.45, 7) is 5.86. The smallest absolute Gasteiger partial charge is 0.319 e. The van der Waals surface area contributed by atoms with Crippen LogP contribution in [0, 0.1) is 22.9 Å². The molecule has 0 fully saturated rings. The van der Waals surface area contributed by atoms with Gasteiger partial charge in [-0.1, -0.05) is 26.8 Å². The molecule has 23 heavy (non-hydrogen) atoms. The number of carbonyl (C=O) groups excluding carboxylic acids is 1. The number of benzene rings is 1. The number of carbonyl (C=O) groups is 1. The molecule has 1 aromatic heterocycles. The van der Waals surface area contributed by atoms with Gasteiger partial charge in [0.25, 0.3) is 0 Å². The van der Waals surface area contributed by atoms with E-state index in [1.807, 2.05) is 38.3 Å². The van der Waals surface area contributed by atoms with Gasteiger partial charge >= 0.3 is 6.03 Å². The van der Waals surface area contributed by atoms with Gasteiger partial charge in [-0.25, -0.2) is 18.0 Å².